The number of aliphatic hydroxyl groups excluding tert-OH is 1. The minimum atomic E-state index is -0.457. The summed E-state index contributed by atoms with van der Waals surface area (Å²) in [6, 6.07) is 5.12. The Balaban J connectivity index is 1.25. The molecule has 0 spiro atoms. The molecule has 0 aromatic heterocycles. The normalized spacial score (nSPS) is 55.6. The lowest BCUT2D eigenvalue weighted by atomic mass is 9.48. The Kier molecular flexibility index (Phi) is 2.64. The molecule has 16 rings (SSSR count). The van der Waals surface area contributed by atoms with Crippen LogP contribution >= 0.6 is 0 Å². The van der Waals surface area contributed by atoms with Gasteiger partial charge in [-0.15, -0.1) is 0 Å². The van der Waals surface area contributed by atoms with Gasteiger partial charge in [-0.3, -0.25) is 0 Å². The predicted molar refractivity (Wildman–Crippen MR) is 166 cm³/mol. The molecule has 0 amide bonds. The Morgan fingerprint density at radius 3 is 2.16 bits per heavy atom. The summed E-state index contributed by atoms with van der Waals surface area (Å²) in [4.78, 5) is 0. The third-order valence-electron chi connectivity index (χ3n) is 17.8. The molecular formula is C42H32O2. The average Bonchev–Trinajstić information content (AvgIpc) is 3.86. The van der Waals surface area contributed by atoms with E-state index in [2.05, 4.69) is 48.6 Å². The van der Waals surface area contributed by atoms with Gasteiger partial charge in [0.15, 0.2) is 0 Å². The largest absolute Gasteiger partial charge is 0.395 e. The van der Waals surface area contributed by atoms with E-state index in [0.717, 1.165) is 0 Å². The second kappa shape index (κ2) is 5.54. The molecule has 44 heavy (non-hydrogen) atoms. The zero-order valence-electron chi connectivity index (χ0n) is 24.7. The van der Waals surface area contributed by atoms with Crippen LogP contribution in [-0.2, 0) is 10.3 Å². The van der Waals surface area contributed by atoms with Crippen molar-refractivity contribution in [2.75, 3.05) is 13.7 Å². The highest BCUT2D eigenvalue weighted by molar-refractivity contribution is 6.21. The number of hydrogen-bond acceptors (Lipinski definition) is 2. The van der Waals surface area contributed by atoms with E-state index in [1.54, 1.807) is 66.4 Å². The first-order valence-electron chi connectivity index (χ1n) is 17.9. The Hall–Kier alpha value is -2.94. The van der Waals surface area contributed by atoms with Gasteiger partial charge >= 0.3 is 0 Å². The lowest BCUT2D eigenvalue weighted by Gasteiger charge is -2.59. The molecule has 14 aliphatic carbocycles. The first-order valence-corrected chi connectivity index (χ1v) is 17.9. The van der Waals surface area contributed by atoms with Crippen LogP contribution in [0.3, 0.4) is 0 Å². The van der Waals surface area contributed by atoms with Gasteiger partial charge in [0, 0.05) is 30.4 Å². The smallest absolute Gasteiger partial charge is 0.113 e. The molecule has 2 nitrogen and oxygen atoms in total. The Bertz CT molecular complexity index is 2270. The number of allylic oxidation sites excluding steroid dienone is 11. The van der Waals surface area contributed by atoms with Crippen LogP contribution in [0.1, 0.15) is 64.0 Å². The van der Waals surface area contributed by atoms with Crippen LogP contribution in [0.5, 0.6) is 0 Å². The molecule has 1 N–H and O–H groups in total. The van der Waals surface area contributed by atoms with Crippen molar-refractivity contribution in [2.45, 2.75) is 36.2 Å². The van der Waals surface area contributed by atoms with Crippen LogP contribution in [0, 0.1) is 70.5 Å². The molecule has 2 aromatic rings. The summed E-state index contributed by atoms with van der Waals surface area (Å²) in [5.41, 5.74) is 19.6. The SMILES string of the molecule is COC12c3c4c5c6c7c8ccc(c37)C1CCC1C3C=CC7C9C=CC%10C%11C=CC8C6C%11C6=C5C5=C(C9C6%10)C7C3C(=C54)C12CO. The Morgan fingerprint density at radius 1 is 0.705 bits per heavy atom. The van der Waals surface area contributed by atoms with Crippen molar-refractivity contribution >= 4 is 21.9 Å². The standard InChI is InChI=1S/C42H32O2/c1-44-42-22-11-10-21-19-8-6-17-15-4-2-13-14-3-5-16-18-7-9-20(22)30-28(18)33-26(16)24(14)31-23(13)25(15)32-27(17)29(19)39(41(21,42)12-43)37-35(32)34(31)36(33)38(37)40(30)42/h2-9,13-17,19,21-27,29,43H,10-12H2,1H3. The number of benzene rings is 2. The summed E-state index contributed by atoms with van der Waals surface area (Å²) in [6.07, 6.45) is 18.7. The van der Waals surface area contributed by atoms with Crippen molar-refractivity contribution in [3.63, 3.8) is 0 Å². The van der Waals surface area contributed by atoms with Crippen molar-refractivity contribution in [3.05, 3.63) is 104 Å². The van der Waals surface area contributed by atoms with E-state index in [-0.39, 0.29) is 12.0 Å². The van der Waals surface area contributed by atoms with Gasteiger partial charge in [0.05, 0.1) is 12.0 Å². The van der Waals surface area contributed by atoms with Crippen molar-refractivity contribution < 1.29 is 9.84 Å². The van der Waals surface area contributed by atoms with Crippen LogP contribution in [0.4, 0.5) is 0 Å². The van der Waals surface area contributed by atoms with Crippen LogP contribution in [0.15, 0.2) is 70.9 Å². The number of hydrogen-bond donors (Lipinski definition) is 1. The van der Waals surface area contributed by atoms with E-state index in [1.165, 1.54) is 12.8 Å². The summed E-state index contributed by atoms with van der Waals surface area (Å²) >= 11 is 0. The molecule has 0 heterocycles. The minimum absolute atomic E-state index is 0.225. The lowest BCUT2D eigenvalue weighted by Crippen LogP contribution is -2.59. The zero-order chi connectivity index (χ0) is 27.7. The summed E-state index contributed by atoms with van der Waals surface area (Å²) in [6.45, 7) is 0.225. The van der Waals surface area contributed by atoms with Gasteiger partial charge in [-0.2, -0.15) is 0 Å². The summed E-state index contributed by atoms with van der Waals surface area (Å²) < 4.78 is 7.26. The van der Waals surface area contributed by atoms with Crippen LogP contribution in [-0.4, -0.2) is 18.8 Å². The lowest BCUT2D eigenvalue weighted by molar-refractivity contribution is -0.178. The molecule has 2 aromatic carbocycles. The molecule has 16 unspecified atom stereocenters. The fourth-order valence-electron chi connectivity index (χ4n) is 17.7. The van der Waals surface area contributed by atoms with Gasteiger partial charge in [-0.05, 0) is 139 Å². The van der Waals surface area contributed by atoms with Crippen molar-refractivity contribution in [3.8, 4) is 0 Å². The maximum absolute atomic E-state index is 12.2. The number of methoxy groups -OCH3 is 1. The highest BCUT2D eigenvalue weighted by atomic mass is 16.5. The van der Waals surface area contributed by atoms with Gasteiger partial charge in [-0.1, -0.05) is 59.7 Å². The second-order valence-corrected chi connectivity index (χ2v) is 17.5. The number of ether oxygens (including phenoxy) is 1. The first-order chi connectivity index (χ1) is 21.8. The average molecular weight is 569 g/mol. The topological polar surface area (TPSA) is 29.5 Å². The summed E-state index contributed by atoms with van der Waals surface area (Å²) in [5.74, 6) is 8.14. The molecule has 16 atom stereocenters. The zero-order valence-corrected chi connectivity index (χ0v) is 24.7. The monoisotopic (exact) mass is 568 g/mol. The molecular weight excluding hydrogens is 536 g/mol. The van der Waals surface area contributed by atoms with E-state index >= 15 is 0 Å². The fraction of sp³-hybridized carbons (Fsp3) is 0.476. The Labute approximate surface area is 255 Å². The third-order valence-corrected chi connectivity index (χ3v) is 17.8. The summed E-state index contributed by atoms with van der Waals surface area (Å²) in [5, 5.41) is 15.4. The van der Waals surface area contributed by atoms with E-state index in [0.29, 0.717) is 82.9 Å². The van der Waals surface area contributed by atoms with Gasteiger partial charge in [0.1, 0.15) is 5.60 Å². The number of aliphatic hydroxyl groups is 1. The van der Waals surface area contributed by atoms with Gasteiger partial charge in [0.2, 0.25) is 0 Å². The van der Waals surface area contributed by atoms with Gasteiger partial charge < -0.3 is 9.84 Å². The molecule has 0 radical (unpaired) electrons. The van der Waals surface area contributed by atoms with Crippen LogP contribution in [0.2, 0.25) is 0 Å². The number of fused-ring (bicyclic) bond motifs is 5. The van der Waals surface area contributed by atoms with Crippen molar-refractivity contribution in [1.82, 2.24) is 0 Å². The molecule has 212 valence electrons. The van der Waals surface area contributed by atoms with E-state index in [9.17, 15) is 5.11 Å². The maximum atomic E-state index is 12.2. The quantitative estimate of drug-likeness (QED) is 0.391. The van der Waals surface area contributed by atoms with E-state index in [1.807, 2.05) is 18.3 Å². The maximum Gasteiger partial charge on any atom is 0.113 e. The molecule has 2 heteroatoms. The molecule has 4 saturated carbocycles. The third kappa shape index (κ3) is 1.40. The minimum Gasteiger partial charge on any atom is -0.395 e. The molecule has 0 bridgehead atoms. The van der Waals surface area contributed by atoms with Crippen molar-refractivity contribution in [1.29, 1.82) is 0 Å². The van der Waals surface area contributed by atoms with E-state index < -0.39 is 5.60 Å². The molecule has 14 aliphatic rings. The highest BCUT2D eigenvalue weighted by Crippen LogP contribution is 2.87. The van der Waals surface area contributed by atoms with Crippen LogP contribution in [0.25, 0.3) is 21.9 Å². The number of rotatable bonds is 2. The van der Waals surface area contributed by atoms with Gasteiger partial charge in [-0.25, -0.2) is 0 Å². The highest BCUT2D eigenvalue weighted by Gasteiger charge is 2.81. The predicted octanol–water partition coefficient (Wildman–Crippen LogP) is 7.13. The van der Waals surface area contributed by atoms with Gasteiger partial charge in [0.25, 0.3) is 0 Å². The molecule has 0 saturated heterocycles. The van der Waals surface area contributed by atoms with Crippen molar-refractivity contribution in [2.24, 2.45) is 70.5 Å². The fourth-order valence-corrected chi connectivity index (χ4v) is 17.7. The van der Waals surface area contributed by atoms with Crippen LogP contribution < -0.4 is 0 Å². The summed E-state index contributed by atoms with van der Waals surface area (Å²) in [7, 11) is 2.03. The second-order valence-electron chi connectivity index (χ2n) is 17.5. The molecule has 4 fully saturated rings. The molecule has 0 aliphatic heterocycles. The van der Waals surface area contributed by atoms with E-state index in [4.69, 9.17) is 4.74 Å². The Morgan fingerprint density at radius 2 is 1.39 bits per heavy atom. The first kappa shape index (κ1) is 21.0.